The summed E-state index contributed by atoms with van der Waals surface area (Å²) in [4.78, 5) is 28.0. The fraction of sp³-hybridized carbons (Fsp3) is 0.391. The van der Waals surface area contributed by atoms with Crippen LogP contribution in [0.15, 0.2) is 48.5 Å². The number of amides is 2. The molecule has 7 nitrogen and oxygen atoms in total. The van der Waals surface area contributed by atoms with Gasteiger partial charge in [-0.2, -0.15) is 0 Å². The molecular formula is C23H31N4O3+. The normalized spacial score (nSPS) is 15.9. The molecule has 1 unspecified atom stereocenters. The van der Waals surface area contributed by atoms with Crippen LogP contribution in [0.2, 0.25) is 0 Å². The predicted octanol–water partition coefficient (Wildman–Crippen LogP) is 1.31. The minimum absolute atomic E-state index is 0.116. The van der Waals surface area contributed by atoms with Crippen LogP contribution < -0.4 is 20.4 Å². The van der Waals surface area contributed by atoms with Gasteiger partial charge < -0.3 is 25.2 Å². The number of anilines is 3. The number of hydrogen-bond donors (Lipinski definition) is 3. The summed E-state index contributed by atoms with van der Waals surface area (Å²) in [5.74, 6) is -0.236. The molecule has 0 aromatic heterocycles. The summed E-state index contributed by atoms with van der Waals surface area (Å²) in [6.07, 6.45) is 0. The molecule has 0 spiro atoms. The van der Waals surface area contributed by atoms with Gasteiger partial charge in [-0.25, -0.2) is 0 Å². The third kappa shape index (κ3) is 6.05. The van der Waals surface area contributed by atoms with Gasteiger partial charge in [0.25, 0.3) is 11.8 Å². The minimum Gasteiger partial charge on any atom is -0.378 e. The summed E-state index contributed by atoms with van der Waals surface area (Å²) in [6.45, 7) is 7.26. The smallest absolute Gasteiger partial charge is 0.282 e. The third-order valence-corrected chi connectivity index (χ3v) is 5.42. The van der Waals surface area contributed by atoms with Crippen LogP contribution in [0.1, 0.15) is 12.5 Å². The quantitative estimate of drug-likeness (QED) is 0.642. The SMILES string of the molecule is Cc1ccc(NC(=O)C[NH+](C)[C@@H](C)C(=O)Nc2ccc(N3CCOCC3)cc2)cc1. The predicted molar refractivity (Wildman–Crippen MR) is 119 cm³/mol. The second-order valence-electron chi connectivity index (χ2n) is 7.79. The Morgan fingerprint density at radius 2 is 1.57 bits per heavy atom. The van der Waals surface area contributed by atoms with Gasteiger partial charge in [0.1, 0.15) is 0 Å². The summed E-state index contributed by atoms with van der Waals surface area (Å²) in [5, 5.41) is 5.82. The summed E-state index contributed by atoms with van der Waals surface area (Å²) in [6, 6.07) is 15.1. The summed E-state index contributed by atoms with van der Waals surface area (Å²) >= 11 is 0. The van der Waals surface area contributed by atoms with Gasteiger partial charge in [-0.05, 0) is 50.2 Å². The van der Waals surface area contributed by atoms with Crippen molar-refractivity contribution in [3.63, 3.8) is 0 Å². The van der Waals surface area contributed by atoms with Crippen LogP contribution in [0, 0.1) is 6.92 Å². The zero-order valence-electron chi connectivity index (χ0n) is 17.9. The first-order chi connectivity index (χ1) is 14.4. The lowest BCUT2D eigenvalue weighted by molar-refractivity contribution is -0.885. The largest absolute Gasteiger partial charge is 0.378 e. The van der Waals surface area contributed by atoms with E-state index in [1.807, 2.05) is 69.4 Å². The molecular weight excluding hydrogens is 380 g/mol. The van der Waals surface area contributed by atoms with E-state index in [9.17, 15) is 9.59 Å². The number of aryl methyl sites for hydroxylation is 1. The molecule has 2 amide bonds. The van der Waals surface area contributed by atoms with Gasteiger partial charge in [-0.3, -0.25) is 9.59 Å². The highest BCUT2D eigenvalue weighted by molar-refractivity contribution is 5.94. The number of nitrogens with zero attached hydrogens (tertiary/aromatic N) is 1. The lowest BCUT2D eigenvalue weighted by Gasteiger charge is -2.29. The van der Waals surface area contributed by atoms with Crippen molar-refractivity contribution < 1.29 is 19.2 Å². The van der Waals surface area contributed by atoms with Gasteiger partial charge in [-0.1, -0.05) is 17.7 Å². The molecule has 2 aromatic carbocycles. The number of nitrogens with one attached hydrogen (secondary N) is 3. The molecule has 3 N–H and O–H groups in total. The maximum absolute atomic E-state index is 12.6. The number of ether oxygens (including phenoxy) is 1. The van der Waals surface area contributed by atoms with Gasteiger partial charge in [0, 0.05) is 30.2 Å². The van der Waals surface area contributed by atoms with Crippen molar-refractivity contribution in [3.05, 3.63) is 54.1 Å². The highest BCUT2D eigenvalue weighted by Gasteiger charge is 2.24. The number of morpholine rings is 1. The number of likely N-dealkylation sites (N-methyl/N-ethyl adjacent to an activating group) is 1. The third-order valence-electron chi connectivity index (χ3n) is 5.42. The number of quaternary nitrogens is 1. The Balaban J connectivity index is 1.49. The molecule has 160 valence electrons. The molecule has 0 saturated carbocycles. The zero-order valence-corrected chi connectivity index (χ0v) is 17.9. The molecule has 7 heteroatoms. The van der Waals surface area contributed by atoms with Crippen molar-refractivity contribution in [2.24, 2.45) is 0 Å². The van der Waals surface area contributed by atoms with Crippen LogP contribution in [-0.4, -0.2) is 57.8 Å². The number of benzene rings is 2. The van der Waals surface area contributed by atoms with Crippen molar-refractivity contribution in [1.29, 1.82) is 0 Å². The summed E-state index contributed by atoms with van der Waals surface area (Å²) in [7, 11) is 1.85. The highest BCUT2D eigenvalue weighted by atomic mass is 16.5. The molecule has 1 fully saturated rings. The molecule has 2 aromatic rings. The van der Waals surface area contributed by atoms with E-state index >= 15 is 0 Å². The Morgan fingerprint density at radius 1 is 1.00 bits per heavy atom. The van der Waals surface area contributed by atoms with Crippen molar-refractivity contribution in [2.45, 2.75) is 19.9 Å². The van der Waals surface area contributed by atoms with Crippen molar-refractivity contribution in [3.8, 4) is 0 Å². The second kappa shape index (κ2) is 10.2. The standard InChI is InChI=1S/C23H30N4O3/c1-17-4-6-19(7-5-17)24-22(28)16-26(3)18(2)23(29)25-20-8-10-21(11-9-20)27-12-14-30-15-13-27/h4-11,18H,12-16H2,1-3H3,(H,24,28)(H,25,29)/p+1/t18-/m0/s1. The monoisotopic (exact) mass is 411 g/mol. The van der Waals surface area contributed by atoms with Crippen LogP contribution in [-0.2, 0) is 14.3 Å². The van der Waals surface area contributed by atoms with E-state index in [1.165, 1.54) is 0 Å². The van der Waals surface area contributed by atoms with Crippen molar-refractivity contribution in [1.82, 2.24) is 0 Å². The molecule has 0 aliphatic carbocycles. The number of hydrogen-bond acceptors (Lipinski definition) is 4. The van der Waals surface area contributed by atoms with E-state index in [0.717, 1.165) is 53.8 Å². The van der Waals surface area contributed by atoms with E-state index < -0.39 is 0 Å². The Bertz CT molecular complexity index is 846. The molecule has 1 aliphatic heterocycles. The molecule has 30 heavy (non-hydrogen) atoms. The zero-order chi connectivity index (χ0) is 21.5. The first-order valence-corrected chi connectivity index (χ1v) is 10.3. The van der Waals surface area contributed by atoms with Crippen LogP contribution >= 0.6 is 0 Å². The Hall–Kier alpha value is -2.90. The van der Waals surface area contributed by atoms with Crippen LogP contribution in [0.5, 0.6) is 0 Å². The maximum atomic E-state index is 12.6. The van der Waals surface area contributed by atoms with Crippen molar-refractivity contribution in [2.75, 3.05) is 55.4 Å². The van der Waals surface area contributed by atoms with Crippen molar-refractivity contribution >= 4 is 28.9 Å². The average molecular weight is 412 g/mol. The summed E-state index contributed by atoms with van der Waals surface area (Å²) in [5.41, 5.74) is 3.77. The molecule has 1 saturated heterocycles. The molecule has 1 aliphatic rings. The minimum atomic E-state index is -0.368. The van der Waals surface area contributed by atoms with E-state index in [4.69, 9.17) is 4.74 Å². The lowest BCUT2D eigenvalue weighted by Crippen LogP contribution is -3.14. The second-order valence-corrected chi connectivity index (χ2v) is 7.79. The van der Waals surface area contributed by atoms with Gasteiger partial charge in [0.15, 0.2) is 12.6 Å². The van der Waals surface area contributed by atoms with E-state index in [2.05, 4.69) is 15.5 Å². The van der Waals surface area contributed by atoms with Gasteiger partial charge >= 0.3 is 0 Å². The first kappa shape index (κ1) is 21.8. The van der Waals surface area contributed by atoms with E-state index in [0.29, 0.717) is 0 Å². The molecule has 2 atom stereocenters. The van der Waals surface area contributed by atoms with Crippen LogP contribution in [0.3, 0.4) is 0 Å². The van der Waals surface area contributed by atoms with Crippen LogP contribution in [0.4, 0.5) is 17.1 Å². The maximum Gasteiger partial charge on any atom is 0.282 e. The first-order valence-electron chi connectivity index (χ1n) is 10.3. The van der Waals surface area contributed by atoms with E-state index in [-0.39, 0.29) is 24.4 Å². The Morgan fingerprint density at radius 3 is 2.20 bits per heavy atom. The molecule has 0 bridgehead atoms. The van der Waals surface area contributed by atoms with E-state index in [1.54, 1.807) is 0 Å². The lowest BCUT2D eigenvalue weighted by atomic mass is 10.2. The fourth-order valence-electron chi connectivity index (χ4n) is 3.30. The highest BCUT2D eigenvalue weighted by Crippen LogP contribution is 2.19. The molecule has 1 heterocycles. The fourth-order valence-corrected chi connectivity index (χ4v) is 3.30. The topological polar surface area (TPSA) is 75.1 Å². The number of carbonyl (C=O) groups is 2. The molecule has 0 radical (unpaired) electrons. The number of rotatable bonds is 7. The number of carbonyl (C=O) groups excluding carboxylic acids is 2. The molecule has 3 rings (SSSR count). The van der Waals surface area contributed by atoms with Gasteiger partial charge in [-0.15, -0.1) is 0 Å². The van der Waals surface area contributed by atoms with Crippen LogP contribution in [0.25, 0.3) is 0 Å². The van der Waals surface area contributed by atoms with Gasteiger partial charge in [0.05, 0.1) is 20.3 Å². The average Bonchev–Trinajstić information content (AvgIpc) is 2.76. The Kier molecular flexibility index (Phi) is 7.43. The Labute approximate surface area is 178 Å². The van der Waals surface area contributed by atoms with Gasteiger partial charge in [0.2, 0.25) is 0 Å². The summed E-state index contributed by atoms with van der Waals surface area (Å²) < 4.78 is 5.38.